The maximum atomic E-state index is 4.29. The zero-order valence-corrected chi connectivity index (χ0v) is 11.7. The molecule has 0 N–H and O–H groups in total. The van der Waals surface area contributed by atoms with Crippen LogP contribution in [0.25, 0.3) is 22.5 Å². The molecule has 3 rings (SSSR count). The van der Waals surface area contributed by atoms with Gasteiger partial charge in [-0.25, -0.2) is 9.97 Å². The predicted octanol–water partition coefficient (Wildman–Crippen LogP) is 4.57. The highest BCUT2D eigenvalue weighted by Crippen LogP contribution is 2.22. The third kappa shape index (κ3) is 2.71. The van der Waals surface area contributed by atoms with E-state index in [2.05, 4.69) is 50.2 Å². The van der Waals surface area contributed by atoms with Crippen molar-refractivity contribution >= 4 is 15.9 Å². The fourth-order valence-electron chi connectivity index (χ4n) is 1.90. The molecule has 0 spiro atoms. The van der Waals surface area contributed by atoms with Crippen molar-refractivity contribution < 1.29 is 0 Å². The van der Waals surface area contributed by atoms with Crippen LogP contribution in [0.2, 0.25) is 0 Å². The molecule has 2 aromatic carbocycles. The van der Waals surface area contributed by atoms with E-state index in [1.807, 2.05) is 30.3 Å². The molecular weight excluding hydrogens is 300 g/mol. The Kier molecular flexibility index (Phi) is 3.38. The molecule has 3 aromatic rings. The van der Waals surface area contributed by atoms with Crippen LogP contribution in [0.15, 0.2) is 71.5 Å². The first-order chi connectivity index (χ1) is 9.33. The second kappa shape index (κ2) is 5.33. The first-order valence-electron chi connectivity index (χ1n) is 5.96. The van der Waals surface area contributed by atoms with Crippen LogP contribution in [0.4, 0.5) is 0 Å². The zero-order chi connectivity index (χ0) is 13.1. The highest BCUT2D eigenvalue weighted by atomic mass is 79.9. The van der Waals surface area contributed by atoms with Gasteiger partial charge >= 0.3 is 0 Å². The van der Waals surface area contributed by atoms with Gasteiger partial charge in [0.05, 0.1) is 4.47 Å². The number of nitrogens with zero attached hydrogens (tertiary/aromatic N) is 2. The predicted molar refractivity (Wildman–Crippen MR) is 80.6 cm³/mol. The maximum absolute atomic E-state index is 4.29. The number of benzene rings is 2. The Labute approximate surface area is 120 Å². The maximum Gasteiger partial charge on any atom is 0.159 e. The first kappa shape index (κ1) is 12.1. The Hall–Kier alpha value is -2.00. The average molecular weight is 311 g/mol. The zero-order valence-electron chi connectivity index (χ0n) is 10.1. The summed E-state index contributed by atoms with van der Waals surface area (Å²) in [4.78, 5) is 8.59. The van der Waals surface area contributed by atoms with Gasteiger partial charge in [0, 0.05) is 18.0 Å². The minimum atomic E-state index is 0.739. The van der Waals surface area contributed by atoms with Crippen molar-refractivity contribution in [2.75, 3.05) is 0 Å². The molecule has 0 saturated heterocycles. The van der Waals surface area contributed by atoms with Gasteiger partial charge in [-0.3, -0.25) is 0 Å². The van der Waals surface area contributed by atoms with Crippen molar-refractivity contribution in [2.45, 2.75) is 0 Å². The van der Waals surface area contributed by atoms with Crippen molar-refractivity contribution in [3.63, 3.8) is 0 Å². The molecule has 0 atom stereocenters. The first-order valence-corrected chi connectivity index (χ1v) is 6.75. The van der Waals surface area contributed by atoms with E-state index in [1.54, 1.807) is 12.4 Å². The van der Waals surface area contributed by atoms with Crippen LogP contribution in [0.1, 0.15) is 0 Å². The second-order valence-electron chi connectivity index (χ2n) is 4.17. The fourth-order valence-corrected chi connectivity index (χ4v) is 2.11. The molecular formula is C16H11BrN2. The van der Waals surface area contributed by atoms with E-state index in [9.17, 15) is 0 Å². The molecule has 0 saturated carbocycles. The number of hydrogen-bond donors (Lipinski definition) is 0. The minimum absolute atomic E-state index is 0.739. The number of rotatable bonds is 2. The van der Waals surface area contributed by atoms with Crippen LogP contribution in [0, 0.1) is 0 Å². The van der Waals surface area contributed by atoms with Gasteiger partial charge in [0.2, 0.25) is 0 Å². The largest absolute Gasteiger partial charge is 0.235 e. The van der Waals surface area contributed by atoms with Crippen LogP contribution >= 0.6 is 15.9 Å². The Morgan fingerprint density at radius 2 is 1.16 bits per heavy atom. The van der Waals surface area contributed by atoms with Gasteiger partial charge < -0.3 is 0 Å². The molecule has 0 unspecified atom stereocenters. The van der Waals surface area contributed by atoms with E-state index < -0.39 is 0 Å². The van der Waals surface area contributed by atoms with Gasteiger partial charge in [0.25, 0.3) is 0 Å². The molecule has 0 aliphatic carbocycles. The van der Waals surface area contributed by atoms with Gasteiger partial charge in [-0.1, -0.05) is 54.6 Å². The Balaban J connectivity index is 1.93. The monoisotopic (exact) mass is 310 g/mol. The third-order valence-electron chi connectivity index (χ3n) is 2.87. The lowest BCUT2D eigenvalue weighted by atomic mass is 10.0. The molecule has 0 aliphatic rings. The fraction of sp³-hybridized carbons (Fsp3) is 0. The van der Waals surface area contributed by atoms with E-state index in [1.165, 1.54) is 11.1 Å². The van der Waals surface area contributed by atoms with Gasteiger partial charge in [0.1, 0.15) is 0 Å². The Morgan fingerprint density at radius 1 is 0.632 bits per heavy atom. The smallest absolute Gasteiger partial charge is 0.159 e. The Bertz CT molecular complexity index is 661. The van der Waals surface area contributed by atoms with E-state index in [0.717, 1.165) is 15.9 Å². The van der Waals surface area contributed by atoms with Gasteiger partial charge in [-0.15, -0.1) is 0 Å². The molecule has 0 aliphatic heterocycles. The number of hydrogen-bond acceptors (Lipinski definition) is 2. The number of halogens is 1. The van der Waals surface area contributed by atoms with Crippen LogP contribution in [0.5, 0.6) is 0 Å². The van der Waals surface area contributed by atoms with Gasteiger partial charge in [-0.2, -0.15) is 0 Å². The van der Waals surface area contributed by atoms with Crippen molar-refractivity contribution in [1.29, 1.82) is 0 Å². The van der Waals surface area contributed by atoms with Crippen LogP contribution < -0.4 is 0 Å². The van der Waals surface area contributed by atoms with Crippen molar-refractivity contribution in [1.82, 2.24) is 9.97 Å². The van der Waals surface area contributed by atoms with Crippen LogP contribution in [-0.2, 0) is 0 Å². The van der Waals surface area contributed by atoms with E-state index >= 15 is 0 Å². The quantitative estimate of drug-likeness (QED) is 0.692. The average Bonchev–Trinajstić information content (AvgIpc) is 2.49. The highest BCUT2D eigenvalue weighted by Gasteiger charge is 2.02. The highest BCUT2D eigenvalue weighted by molar-refractivity contribution is 9.10. The van der Waals surface area contributed by atoms with Crippen molar-refractivity contribution in [3.8, 4) is 22.5 Å². The lowest BCUT2D eigenvalue weighted by Gasteiger charge is -2.03. The van der Waals surface area contributed by atoms with Gasteiger partial charge in [0.15, 0.2) is 5.82 Å². The van der Waals surface area contributed by atoms with E-state index in [0.29, 0.717) is 0 Å². The summed E-state index contributed by atoms with van der Waals surface area (Å²) in [6.45, 7) is 0. The topological polar surface area (TPSA) is 25.8 Å². The molecule has 0 fully saturated rings. The summed E-state index contributed by atoms with van der Waals surface area (Å²) in [5.41, 5.74) is 3.43. The third-order valence-corrected chi connectivity index (χ3v) is 3.28. The molecule has 19 heavy (non-hydrogen) atoms. The summed E-state index contributed by atoms with van der Waals surface area (Å²) >= 11 is 3.34. The molecule has 0 amide bonds. The summed E-state index contributed by atoms with van der Waals surface area (Å²) in [7, 11) is 0. The standard InChI is InChI=1S/C16H11BrN2/c17-15-10-18-16(19-11-15)14-8-6-13(7-9-14)12-4-2-1-3-5-12/h1-11H. The summed E-state index contributed by atoms with van der Waals surface area (Å²) in [6.07, 6.45) is 3.51. The number of aromatic nitrogens is 2. The lowest BCUT2D eigenvalue weighted by Crippen LogP contribution is -1.87. The normalized spacial score (nSPS) is 10.4. The minimum Gasteiger partial charge on any atom is -0.235 e. The molecule has 2 nitrogen and oxygen atoms in total. The summed E-state index contributed by atoms with van der Waals surface area (Å²) in [5.74, 6) is 0.739. The molecule has 1 heterocycles. The molecule has 92 valence electrons. The van der Waals surface area contributed by atoms with E-state index in [4.69, 9.17) is 0 Å². The molecule has 3 heteroatoms. The van der Waals surface area contributed by atoms with Crippen LogP contribution in [0.3, 0.4) is 0 Å². The Morgan fingerprint density at radius 3 is 1.79 bits per heavy atom. The van der Waals surface area contributed by atoms with Crippen molar-refractivity contribution in [2.24, 2.45) is 0 Å². The van der Waals surface area contributed by atoms with E-state index in [-0.39, 0.29) is 0 Å². The second-order valence-corrected chi connectivity index (χ2v) is 5.08. The SMILES string of the molecule is Brc1cnc(-c2ccc(-c3ccccc3)cc2)nc1. The van der Waals surface area contributed by atoms with Crippen LogP contribution in [-0.4, -0.2) is 9.97 Å². The lowest BCUT2D eigenvalue weighted by molar-refractivity contribution is 1.16. The van der Waals surface area contributed by atoms with Crippen molar-refractivity contribution in [3.05, 3.63) is 71.5 Å². The molecule has 0 radical (unpaired) electrons. The summed E-state index contributed by atoms with van der Waals surface area (Å²) in [5, 5.41) is 0. The molecule has 1 aromatic heterocycles. The summed E-state index contributed by atoms with van der Waals surface area (Å²) in [6, 6.07) is 18.6. The molecule has 0 bridgehead atoms. The summed E-state index contributed by atoms with van der Waals surface area (Å²) < 4.78 is 0.886. The van der Waals surface area contributed by atoms with Gasteiger partial charge in [-0.05, 0) is 27.1 Å².